The third-order valence-corrected chi connectivity index (χ3v) is 2.32. The molecule has 4 nitrogen and oxygen atoms in total. The maximum absolute atomic E-state index is 5.86. The second kappa shape index (κ2) is 4.31. The standard InChI is InChI=1S/C10H11ClN4/c1-15-7-13-14-10(15)6-12-9-4-2-3-8(11)5-9/h2-5,7,12H,6H2,1H3. The van der Waals surface area contributed by atoms with Crippen LogP contribution in [0.4, 0.5) is 5.69 Å². The molecule has 0 bridgehead atoms. The zero-order valence-electron chi connectivity index (χ0n) is 8.31. The lowest BCUT2D eigenvalue weighted by molar-refractivity contribution is 0.812. The van der Waals surface area contributed by atoms with Gasteiger partial charge >= 0.3 is 0 Å². The fraction of sp³-hybridized carbons (Fsp3) is 0.200. The first-order valence-electron chi connectivity index (χ1n) is 4.58. The first kappa shape index (κ1) is 9.98. The van der Waals surface area contributed by atoms with Crippen LogP contribution in [0, 0.1) is 0 Å². The molecule has 1 heterocycles. The van der Waals surface area contributed by atoms with Gasteiger partial charge in [-0.05, 0) is 18.2 Å². The van der Waals surface area contributed by atoms with Gasteiger partial charge in [-0.2, -0.15) is 0 Å². The van der Waals surface area contributed by atoms with Crippen molar-refractivity contribution in [3.05, 3.63) is 41.4 Å². The molecule has 0 radical (unpaired) electrons. The van der Waals surface area contributed by atoms with Gasteiger partial charge in [0.25, 0.3) is 0 Å². The molecule has 0 saturated heterocycles. The average molecular weight is 223 g/mol. The van der Waals surface area contributed by atoms with Gasteiger partial charge in [0.2, 0.25) is 0 Å². The van der Waals surface area contributed by atoms with Crippen molar-refractivity contribution in [1.82, 2.24) is 14.8 Å². The Morgan fingerprint density at radius 3 is 3.00 bits per heavy atom. The highest BCUT2D eigenvalue weighted by atomic mass is 35.5. The number of halogens is 1. The Morgan fingerprint density at radius 2 is 2.33 bits per heavy atom. The number of aryl methyl sites for hydroxylation is 1. The molecule has 0 amide bonds. The molecule has 0 saturated carbocycles. The monoisotopic (exact) mass is 222 g/mol. The van der Waals surface area contributed by atoms with Gasteiger partial charge in [-0.15, -0.1) is 10.2 Å². The third kappa shape index (κ3) is 2.47. The molecule has 1 N–H and O–H groups in total. The summed E-state index contributed by atoms with van der Waals surface area (Å²) >= 11 is 5.86. The molecule has 2 rings (SSSR count). The van der Waals surface area contributed by atoms with Crippen LogP contribution in [0.25, 0.3) is 0 Å². The van der Waals surface area contributed by atoms with Gasteiger partial charge < -0.3 is 9.88 Å². The number of hydrogen-bond donors (Lipinski definition) is 1. The van der Waals surface area contributed by atoms with Crippen molar-refractivity contribution in [1.29, 1.82) is 0 Å². The molecule has 5 heteroatoms. The summed E-state index contributed by atoms with van der Waals surface area (Å²) in [5, 5.41) is 11.7. The summed E-state index contributed by atoms with van der Waals surface area (Å²) in [4.78, 5) is 0. The number of rotatable bonds is 3. The molecule has 2 aromatic rings. The third-order valence-electron chi connectivity index (χ3n) is 2.08. The topological polar surface area (TPSA) is 42.7 Å². The minimum atomic E-state index is 0.636. The van der Waals surface area contributed by atoms with Gasteiger partial charge in [-0.3, -0.25) is 0 Å². The Kier molecular flexibility index (Phi) is 2.87. The van der Waals surface area contributed by atoms with Crippen molar-refractivity contribution in [3.63, 3.8) is 0 Å². The number of benzene rings is 1. The number of nitrogens with one attached hydrogen (secondary N) is 1. The van der Waals surface area contributed by atoms with E-state index in [1.54, 1.807) is 6.33 Å². The number of hydrogen-bond acceptors (Lipinski definition) is 3. The lowest BCUT2D eigenvalue weighted by Crippen LogP contribution is -2.05. The Bertz CT molecular complexity index is 452. The van der Waals surface area contributed by atoms with Gasteiger partial charge in [0.15, 0.2) is 5.82 Å². The van der Waals surface area contributed by atoms with Gasteiger partial charge in [-0.1, -0.05) is 17.7 Å². The van der Waals surface area contributed by atoms with E-state index in [0.717, 1.165) is 16.5 Å². The van der Waals surface area contributed by atoms with Crippen molar-refractivity contribution < 1.29 is 0 Å². The van der Waals surface area contributed by atoms with Gasteiger partial charge in [0.05, 0.1) is 6.54 Å². The van der Waals surface area contributed by atoms with Crippen LogP contribution in [-0.4, -0.2) is 14.8 Å². The number of nitrogens with zero attached hydrogens (tertiary/aromatic N) is 3. The predicted molar refractivity (Wildman–Crippen MR) is 59.8 cm³/mol. The summed E-state index contributed by atoms with van der Waals surface area (Å²) in [7, 11) is 1.91. The SMILES string of the molecule is Cn1cnnc1CNc1cccc(Cl)c1. The lowest BCUT2D eigenvalue weighted by Gasteiger charge is -2.05. The summed E-state index contributed by atoms with van der Waals surface area (Å²) in [5.41, 5.74) is 0.977. The molecule has 15 heavy (non-hydrogen) atoms. The minimum absolute atomic E-state index is 0.636. The molecule has 1 aromatic carbocycles. The Hall–Kier alpha value is -1.55. The van der Waals surface area contributed by atoms with Crippen LogP contribution in [0.15, 0.2) is 30.6 Å². The Balaban J connectivity index is 2.02. The van der Waals surface area contributed by atoms with E-state index in [0.29, 0.717) is 6.54 Å². The summed E-state index contributed by atoms with van der Waals surface area (Å²) in [6.45, 7) is 0.636. The fourth-order valence-electron chi connectivity index (χ4n) is 1.25. The highest BCUT2D eigenvalue weighted by Crippen LogP contribution is 2.15. The molecular weight excluding hydrogens is 212 g/mol. The average Bonchev–Trinajstić information content (AvgIpc) is 2.61. The Morgan fingerprint density at radius 1 is 1.47 bits per heavy atom. The summed E-state index contributed by atoms with van der Waals surface area (Å²) in [6.07, 6.45) is 1.68. The van der Waals surface area contributed by atoms with Crippen LogP contribution in [-0.2, 0) is 13.6 Å². The van der Waals surface area contributed by atoms with Crippen LogP contribution >= 0.6 is 11.6 Å². The van der Waals surface area contributed by atoms with Crippen molar-refractivity contribution in [2.75, 3.05) is 5.32 Å². The van der Waals surface area contributed by atoms with E-state index in [4.69, 9.17) is 11.6 Å². The van der Waals surface area contributed by atoms with Crippen LogP contribution in [0.1, 0.15) is 5.82 Å². The van der Waals surface area contributed by atoms with Crippen LogP contribution < -0.4 is 5.32 Å². The zero-order chi connectivity index (χ0) is 10.7. The fourth-order valence-corrected chi connectivity index (χ4v) is 1.44. The van der Waals surface area contributed by atoms with Gasteiger partial charge in [0.1, 0.15) is 6.33 Å². The molecule has 0 aliphatic rings. The molecule has 0 unspecified atom stereocenters. The van der Waals surface area contributed by atoms with E-state index in [1.807, 2.05) is 35.9 Å². The van der Waals surface area contributed by atoms with Crippen LogP contribution in [0.5, 0.6) is 0 Å². The first-order chi connectivity index (χ1) is 7.25. The summed E-state index contributed by atoms with van der Waals surface area (Å²) in [6, 6.07) is 7.58. The normalized spacial score (nSPS) is 10.3. The maximum atomic E-state index is 5.86. The van der Waals surface area contributed by atoms with E-state index in [9.17, 15) is 0 Å². The Labute approximate surface area is 92.9 Å². The molecule has 0 aliphatic heterocycles. The molecular formula is C10H11ClN4. The second-order valence-electron chi connectivity index (χ2n) is 3.22. The maximum Gasteiger partial charge on any atom is 0.151 e. The summed E-state index contributed by atoms with van der Waals surface area (Å²) in [5.74, 6) is 0.884. The van der Waals surface area contributed by atoms with E-state index < -0.39 is 0 Å². The van der Waals surface area contributed by atoms with E-state index in [-0.39, 0.29) is 0 Å². The smallest absolute Gasteiger partial charge is 0.151 e. The highest BCUT2D eigenvalue weighted by Gasteiger charge is 1.99. The minimum Gasteiger partial charge on any atom is -0.378 e. The van der Waals surface area contributed by atoms with E-state index in [1.165, 1.54) is 0 Å². The largest absolute Gasteiger partial charge is 0.378 e. The predicted octanol–water partition coefficient (Wildman–Crippen LogP) is 2.08. The first-order valence-corrected chi connectivity index (χ1v) is 4.96. The summed E-state index contributed by atoms with van der Waals surface area (Å²) < 4.78 is 1.87. The zero-order valence-corrected chi connectivity index (χ0v) is 9.07. The van der Waals surface area contributed by atoms with Crippen molar-refractivity contribution in [2.24, 2.45) is 7.05 Å². The van der Waals surface area contributed by atoms with Crippen molar-refractivity contribution in [3.8, 4) is 0 Å². The van der Waals surface area contributed by atoms with E-state index in [2.05, 4.69) is 15.5 Å². The number of aromatic nitrogens is 3. The second-order valence-corrected chi connectivity index (χ2v) is 3.66. The molecule has 0 atom stereocenters. The van der Waals surface area contributed by atoms with Gasteiger partial charge in [0, 0.05) is 17.8 Å². The van der Waals surface area contributed by atoms with Crippen molar-refractivity contribution in [2.45, 2.75) is 6.54 Å². The highest BCUT2D eigenvalue weighted by molar-refractivity contribution is 6.30. The molecule has 0 spiro atoms. The van der Waals surface area contributed by atoms with Crippen LogP contribution in [0.2, 0.25) is 5.02 Å². The van der Waals surface area contributed by atoms with E-state index >= 15 is 0 Å². The number of anilines is 1. The van der Waals surface area contributed by atoms with Crippen LogP contribution in [0.3, 0.4) is 0 Å². The molecule has 78 valence electrons. The van der Waals surface area contributed by atoms with Crippen molar-refractivity contribution >= 4 is 17.3 Å². The molecule has 0 fully saturated rings. The lowest BCUT2D eigenvalue weighted by atomic mass is 10.3. The molecule has 1 aromatic heterocycles. The van der Waals surface area contributed by atoms with Gasteiger partial charge in [-0.25, -0.2) is 0 Å². The molecule has 0 aliphatic carbocycles. The quantitative estimate of drug-likeness (QED) is 0.865.